The number of aromatic nitrogens is 1. The summed E-state index contributed by atoms with van der Waals surface area (Å²) < 4.78 is 0. The molecule has 0 aliphatic carbocycles. The van der Waals surface area contributed by atoms with Crippen molar-refractivity contribution >= 4 is 16.5 Å². The molecule has 1 aromatic rings. The van der Waals surface area contributed by atoms with Gasteiger partial charge >= 0.3 is 0 Å². The Hall–Kier alpha value is -0.650. The largest absolute Gasteiger partial charge is 0.346 e. The van der Waals surface area contributed by atoms with Crippen LogP contribution in [0, 0.1) is 6.92 Å². The van der Waals surface area contributed by atoms with E-state index in [9.17, 15) is 0 Å². The molecular formula is C15H26N4S. The second-order valence-corrected chi connectivity index (χ2v) is 6.98. The zero-order chi connectivity index (χ0) is 13.9. The number of anilines is 1. The van der Waals surface area contributed by atoms with Crippen molar-refractivity contribution in [3.05, 3.63) is 10.6 Å². The highest BCUT2D eigenvalue weighted by atomic mass is 32.1. The summed E-state index contributed by atoms with van der Waals surface area (Å²) in [6.45, 7) is 11.2. The SMILES string of the molecule is CCNCc1sc(N2CCCN3CCCC3C2)nc1C. The van der Waals surface area contributed by atoms with Gasteiger partial charge in [-0.2, -0.15) is 0 Å². The van der Waals surface area contributed by atoms with Gasteiger partial charge in [0.25, 0.3) is 0 Å². The molecule has 2 fully saturated rings. The number of rotatable bonds is 4. The first-order chi connectivity index (χ1) is 9.78. The number of aryl methyl sites for hydroxylation is 1. The van der Waals surface area contributed by atoms with E-state index in [2.05, 4.69) is 29.0 Å². The Bertz CT molecular complexity index is 445. The van der Waals surface area contributed by atoms with Crippen molar-refractivity contribution in [3.8, 4) is 0 Å². The van der Waals surface area contributed by atoms with Crippen LogP contribution < -0.4 is 10.2 Å². The zero-order valence-electron chi connectivity index (χ0n) is 12.7. The fourth-order valence-corrected chi connectivity index (χ4v) is 4.40. The van der Waals surface area contributed by atoms with Crippen molar-refractivity contribution in [2.45, 2.75) is 45.7 Å². The molecule has 1 aromatic heterocycles. The van der Waals surface area contributed by atoms with Crippen molar-refractivity contribution in [2.75, 3.05) is 37.6 Å². The average Bonchev–Trinajstić information content (AvgIpc) is 2.98. The van der Waals surface area contributed by atoms with Gasteiger partial charge in [0, 0.05) is 37.1 Å². The molecule has 4 nitrogen and oxygen atoms in total. The maximum Gasteiger partial charge on any atom is 0.185 e. The molecule has 0 amide bonds. The summed E-state index contributed by atoms with van der Waals surface area (Å²) in [5.74, 6) is 0. The van der Waals surface area contributed by atoms with Crippen LogP contribution >= 0.6 is 11.3 Å². The Labute approximate surface area is 126 Å². The van der Waals surface area contributed by atoms with Crippen LogP contribution in [0.5, 0.6) is 0 Å². The molecular weight excluding hydrogens is 268 g/mol. The van der Waals surface area contributed by atoms with Crippen molar-refractivity contribution in [3.63, 3.8) is 0 Å². The Morgan fingerprint density at radius 1 is 1.30 bits per heavy atom. The van der Waals surface area contributed by atoms with E-state index in [0.29, 0.717) is 0 Å². The second-order valence-electron chi connectivity index (χ2n) is 5.92. The summed E-state index contributed by atoms with van der Waals surface area (Å²) in [7, 11) is 0. The lowest BCUT2D eigenvalue weighted by Crippen LogP contribution is -2.36. The molecule has 2 saturated heterocycles. The molecule has 0 bridgehead atoms. The monoisotopic (exact) mass is 294 g/mol. The Kier molecular flexibility index (Phi) is 4.58. The highest BCUT2D eigenvalue weighted by molar-refractivity contribution is 7.15. The van der Waals surface area contributed by atoms with Gasteiger partial charge < -0.3 is 10.2 Å². The highest BCUT2D eigenvalue weighted by Gasteiger charge is 2.29. The summed E-state index contributed by atoms with van der Waals surface area (Å²) >= 11 is 1.88. The van der Waals surface area contributed by atoms with E-state index in [1.807, 2.05) is 11.3 Å². The van der Waals surface area contributed by atoms with Gasteiger partial charge in [0.15, 0.2) is 5.13 Å². The standard InChI is InChI=1S/C15H26N4S/c1-3-16-10-14-12(2)17-15(20-14)19-9-5-8-18-7-4-6-13(18)11-19/h13,16H,3-11H2,1-2H3. The minimum Gasteiger partial charge on any atom is -0.346 e. The van der Waals surface area contributed by atoms with Crippen LogP contribution in [0.4, 0.5) is 5.13 Å². The lowest BCUT2D eigenvalue weighted by Gasteiger charge is -2.25. The molecule has 20 heavy (non-hydrogen) atoms. The van der Waals surface area contributed by atoms with Crippen LogP contribution in [-0.4, -0.2) is 48.6 Å². The first-order valence-corrected chi connectivity index (χ1v) is 8.75. The van der Waals surface area contributed by atoms with Gasteiger partial charge in [-0.25, -0.2) is 4.98 Å². The predicted molar refractivity (Wildman–Crippen MR) is 85.7 cm³/mol. The van der Waals surface area contributed by atoms with Crippen molar-refractivity contribution < 1.29 is 0 Å². The van der Waals surface area contributed by atoms with Crippen LogP contribution in [0.25, 0.3) is 0 Å². The van der Waals surface area contributed by atoms with Gasteiger partial charge in [0.1, 0.15) is 0 Å². The van der Waals surface area contributed by atoms with Crippen molar-refractivity contribution in [1.29, 1.82) is 0 Å². The summed E-state index contributed by atoms with van der Waals surface area (Å²) in [6, 6.07) is 0.763. The van der Waals surface area contributed by atoms with E-state index in [1.165, 1.54) is 61.1 Å². The van der Waals surface area contributed by atoms with Crippen LogP contribution in [0.1, 0.15) is 36.8 Å². The number of hydrogen-bond donors (Lipinski definition) is 1. The van der Waals surface area contributed by atoms with Crippen molar-refractivity contribution in [1.82, 2.24) is 15.2 Å². The molecule has 1 N–H and O–H groups in total. The van der Waals surface area contributed by atoms with Crippen LogP contribution in [-0.2, 0) is 6.54 Å². The van der Waals surface area contributed by atoms with Gasteiger partial charge in [-0.1, -0.05) is 6.92 Å². The topological polar surface area (TPSA) is 31.4 Å². The summed E-state index contributed by atoms with van der Waals surface area (Å²) in [5.41, 5.74) is 1.21. The highest BCUT2D eigenvalue weighted by Crippen LogP contribution is 2.29. The third-order valence-electron chi connectivity index (χ3n) is 4.49. The first kappa shape index (κ1) is 14.3. The van der Waals surface area contributed by atoms with Gasteiger partial charge in [-0.15, -0.1) is 11.3 Å². The summed E-state index contributed by atoms with van der Waals surface area (Å²) in [5, 5.41) is 4.65. The fourth-order valence-electron chi connectivity index (χ4n) is 3.33. The van der Waals surface area contributed by atoms with E-state index in [-0.39, 0.29) is 0 Å². The lowest BCUT2D eigenvalue weighted by atomic mass is 10.2. The quantitative estimate of drug-likeness (QED) is 0.923. The number of nitrogens with zero attached hydrogens (tertiary/aromatic N) is 3. The van der Waals surface area contributed by atoms with E-state index in [0.717, 1.165) is 19.1 Å². The van der Waals surface area contributed by atoms with Gasteiger partial charge in [0.05, 0.1) is 5.69 Å². The maximum atomic E-state index is 4.83. The Morgan fingerprint density at radius 2 is 2.15 bits per heavy atom. The van der Waals surface area contributed by atoms with E-state index < -0.39 is 0 Å². The number of thiazole rings is 1. The van der Waals surface area contributed by atoms with Crippen LogP contribution in [0.15, 0.2) is 0 Å². The molecule has 112 valence electrons. The molecule has 1 atom stereocenters. The van der Waals surface area contributed by atoms with Crippen molar-refractivity contribution in [2.24, 2.45) is 0 Å². The molecule has 2 aliphatic heterocycles. The Morgan fingerprint density at radius 3 is 3.00 bits per heavy atom. The number of nitrogens with one attached hydrogen (secondary N) is 1. The zero-order valence-corrected chi connectivity index (χ0v) is 13.5. The second kappa shape index (κ2) is 6.41. The van der Waals surface area contributed by atoms with E-state index in [1.54, 1.807) is 0 Å². The lowest BCUT2D eigenvalue weighted by molar-refractivity contribution is 0.273. The van der Waals surface area contributed by atoms with E-state index >= 15 is 0 Å². The average molecular weight is 294 g/mol. The van der Waals surface area contributed by atoms with Gasteiger partial charge in [0.2, 0.25) is 0 Å². The molecule has 0 saturated carbocycles. The van der Waals surface area contributed by atoms with E-state index in [4.69, 9.17) is 4.98 Å². The van der Waals surface area contributed by atoms with Gasteiger partial charge in [-0.3, -0.25) is 4.90 Å². The minimum atomic E-state index is 0.763. The summed E-state index contributed by atoms with van der Waals surface area (Å²) in [6.07, 6.45) is 4.02. The third-order valence-corrected chi connectivity index (χ3v) is 5.71. The maximum absolute atomic E-state index is 4.83. The molecule has 2 aliphatic rings. The third kappa shape index (κ3) is 3.00. The smallest absolute Gasteiger partial charge is 0.185 e. The summed E-state index contributed by atoms with van der Waals surface area (Å²) in [4.78, 5) is 11.4. The Balaban J connectivity index is 1.71. The number of fused-ring (bicyclic) bond motifs is 1. The fraction of sp³-hybridized carbons (Fsp3) is 0.800. The van der Waals surface area contributed by atoms with Crippen LogP contribution in [0.3, 0.4) is 0 Å². The van der Waals surface area contributed by atoms with Crippen LogP contribution in [0.2, 0.25) is 0 Å². The molecule has 0 radical (unpaired) electrons. The molecule has 3 heterocycles. The molecule has 1 unspecified atom stereocenters. The molecule has 0 aromatic carbocycles. The predicted octanol–water partition coefficient (Wildman–Crippen LogP) is 2.24. The number of hydrogen-bond acceptors (Lipinski definition) is 5. The molecule has 3 rings (SSSR count). The molecule has 5 heteroatoms. The minimum absolute atomic E-state index is 0.763. The first-order valence-electron chi connectivity index (χ1n) is 7.94. The molecule has 0 spiro atoms. The normalized spacial score (nSPS) is 23.9. The van der Waals surface area contributed by atoms with Gasteiger partial charge in [-0.05, 0) is 39.3 Å².